The van der Waals surface area contributed by atoms with Gasteiger partial charge in [0.15, 0.2) is 0 Å². The number of allylic oxidation sites excluding steroid dienone is 1. The number of hydrogen-bond acceptors (Lipinski definition) is 5. The van der Waals surface area contributed by atoms with Crippen molar-refractivity contribution in [2.24, 2.45) is 0 Å². The lowest BCUT2D eigenvalue weighted by Gasteiger charge is -2.20. The lowest BCUT2D eigenvalue weighted by atomic mass is 10.0. The van der Waals surface area contributed by atoms with Gasteiger partial charge in [-0.2, -0.15) is 0 Å². The van der Waals surface area contributed by atoms with E-state index in [1.54, 1.807) is 6.08 Å². The van der Waals surface area contributed by atoms with Crippen LogP contribution in [0, 0.1) is 0 Å². The number of rotatable bonds is 75. The molecule has 0 radical (unpaired) electrons. The van der Waals surface area contributed by atoms with Crippen LogP contribution in [0.2, 0.25) is 0 Å². The van der Waals surface area contributed by atoms with E-state index >= 15 is 0 Å². The fraction of sp³-hybridized carbons (Fsp3) is 0.949. The van der Waals surface area contributed by atoms with Gasteiger partial charge in [-0.3, -0.25) is 9.59 Å². The highest BCUT2D eigenvalue weighted by Crippen LogP contribution is 2.20. The molecule has 0 aromatic rings. The maximum Gasteiger partial charge on any atom is 0.305 e. The van der Waals surface area contributed by atoms with Crippen molar-refractivity contribution in [1.29, 1.82) is 0 Å². The third kappa shape index (κ3) is 71.6. The highest BCUT2D eigenvalue weighted by molar-refractivity contribution is 5.76. The molecule has 6 heteroatoms. The van der Waals surface area contributed by atoms with Crippen molar-refractivity contribution in [2.75, 3.05) is 13.2 Å². The first-order valence-electron chi connectivity index (χ1n) is 39.5. The van der Waals surface area contributed by atoms with Crippen LogP contribution in [0.3, 0.4) is 0 Å². The first-order chi connectivity index (χ1) is 42.0. The second kappa shape index (κ2) is 75.1. The largest absolute Gasteiger partial charge is 0.466 e. The summed E-state index contributed by atoms with van der Waals surface area (Å²) in [7, 11) is 0. The third-order valence-electron chi connectivity index (χ3n) is 18.8. The van der Waals surface area contributed by atoms with Crippen molar-refractivity contribution in [2.45, 2.75) is 469 Å². The Morgan fingerprint density at radius 3 is 0.800 bits per heavy atom. The molecule has 0 saturated heterocycles. The lowest BCUT2D eigenvalue weighted by molar-refractivity contribution is -0.143. The molecule has 0 saturated carbocycles. The second-order valence-electron chi connectivity index (χ2n) is 27.4. The summed E-state index contributed by atoms with van der Waals surface area (Å²) in [6.07, 6.45) is 94.9. The van der Waals surface area contributed by atoms with Crippen molar-refractivity contribution in [1.82, 2.24) is 5.32 Å². The molecule has 2 unspecified atom stereocenters. The molecular formula is C79H155NO5. The number of aliphatic hydroxyl groups is 2. The van der Waals surface area contributed by atoms with Crippen LogP contribution < -0.4 is 5.32 Å². The molecule has 0 spiro atoms. The van der Waals surface area contributed by atoms with Gasteiger partial charge in [0.05, 0.1) is 25.4 Å². The van der Waals surface area contributed by atoms with Crippen LogP contribution in [0.4, 0.5) is 0 Å². The standard InChI is InChI=1S/C79H155NO5/c1-3-5-7-9-11-13-15-17-44-47-51-55-59-63-67-71-77(82)76(75-81)80-78(83)72-68-64-60-56-52-48-45-42-40-38-36-34-32-30-28-26-24-22-20-19-21-23-25-27-29-31-33-35-37-39-41-43-46-50-54-58-62-66-70-74-85-79(84)73-69-65-61-57-53-49-18-16-14-12-10-8-6-4-2/h67,71,76-77,81-82H,3-66,68-70,72-75H2,1-2H3,(H,80,83)/b71-67+. The van der Waals surface area contributed by atoms with Crippen LogP contribution in [-0.4, -0.2) is 47.4 Å². The van der Waals surface area contributed by atoms with E-state index in [1.807, 2.05) is 6.08 Å². The van der Waals surface area contributed by atoms with Crippen molar-refractivity contribution in [3.8, 4) is 0 Å². The summed E-state index contributed by atoms with van der Waals surface area (Å²) in [6.45, 7) is 4.95. The van der Waals surface area contributed by atoms with Crippen LogP contribution >= 0.6 is 0 Å². The van der Waals surface area contributed by atoms with Gasteiger partial charge in [-0.25, -0.2) is 0 Å². The van der Waals surface area contributed by atoms with E-state index in [4.69, 9.17) is 4.74 Å². The molecule has 0 aromatic carbocycles. The Hall–Kier alpha value is -1.40. The normalized spacial score (nSPS) is 12.5. The lowest BCUT2D eigenvalue weighted by Crippen LogP contribution is -2.45. The maximum absolute atomic E-state index is 12.5. The monoisotopic (exact) mass is 1200 g/mol. The summed E-state index contributed by atoms with van der Waals surface area (Å²) in [4.78, 5) is 24.6. The van der Waals surface area contributed by atoms with Crippen molar-refractivity contribution in [3.05, 3.63) is 12.2 Å². The molecule has 0 rings (SSSR count). The third-order valence-corrected chi connectivity index (χ3v) is 18.8. The van der Waals surface area contributed by atoms with Gasteiger partial charge < -0.3 is 20.3 Å². The summed E-state index contributed by atoms with van der Waals surface area (Å²) in [5.74, 6) is -0.0313. The van der Waals surface area contributed by atoms with Crippen LogP contribution in [-0.2, 0) is 14.3 Å². The molecule has 2 atom stereocenters. The Balaban J connectivity index is 3.29. The highest BCUT2D eigenvalue weighted by Gasteiger charge is 2.18. The van der Waals surface area contributed by atoms with Gasteiger partial charge in [0.2, 0.25) is 5.91 Å². The average molecular weight is 1200 g/mol. The Morgan fingerprint density at radius 1 is 0.318 bits per heavy atom. The Bertz CT molecular complexity index is 1290. The molecule has 506 valence electrons. The molecule has 0 aliphatic heterocycles. The minimum atomic E-state index is -0.839. The zero-order chi connectivity index (χ0) is 61.3. The number of carbonyl (C=O) groups is 2. The van der Waals surface area contributed by atoms with E-state index in [0.717, 1.165) is 38.5 Å². The van der Waals surface area contributed by atoms with Crippen LogP contribution in [0.25, 0.3) is 0 Å². The zero-order valence-corrected chi connectivity index (χ0v) is 58.1. The summed E-state index contributed by atoms with van der Waals surface area (Å²) >= 11 is 0. The topological polar surface area (TPSA) is 95.9 Å². The van der Waals surface area contributed by atoms with Gasteiger partial charge in [0.1, 0.15) is 0 Å². The number of amides is 1. The molecule has 0 fully saturated rings. The van der Waals surface area contributed by atoms with Crippen molar-refractivity contribution < 1.29 is 24.5 Å². The Morgan fingerprint density at radius 2 is 0.541 bits per heavy atom. The molecule has 0 heterocycles. The van der Waals surface area contributed by atoms with Gasteiger partial charge >= 0.3 is 5.97 Å². The second-order valence-corrected chi connectivity index (χ2v) is 27.4. The molecule has 0 aliphatic rings. The number of unbranched alkanes of at least 4 members (excludes halogenated alkanes) is 64. The van der Waals surface area contributed by atoms with E-state index in [1.165, 1.54) is 392 Å². The molecule has 0 aliphatic carbocycles. The zero-order valence-electron chi connectivity index (χ0n) is 58.1. The number of hydrogen-bond donors (Lipinski definition) is 3. The summed E-state index contributed by atoms with van der Waals surface area (Å²) in [5.41, 5.74) is 0. The number of ether oxygens (including phenoxy) is 1. The number of carbonyl (C=O) groups excluding carboxylic acids is 2. The van der Waals surface area contributed by atoms with Gasteiger partial charge in [0, 0.05) is 12.8 Å². The van der Waals surface area contributed by atoms with Gasteiger partial charge in [-0.15, -0.1) is 0 Å². The van der Waals surface area contributed by atoms with Gasteiger partial charge in [0.25, 0.3) is 0 Å². The Labute approximate surface area is 533 Å². The van der Waals surface area contributed by atoms with E-state index in [-0.39, 0.29) is 18.5 Å². The van der Waals surface area contributed by atoms with Crippen molar-refractivity contribution >= 4 is 11.9 Å². The smallest absolute Gasteiger partial charge is 0.305 e. The number of nitrogens with one attached hydrogen (secondary N) is 1. The minimum Gasteiger partial charge on any atom is -0.466 e. The molecule has 6 nitrogen and oxygen atoms in total. The molecule has 0 aromatic heterocycles. The minimum absolute atomic E-state index is 0.0272. The predicted octanol–water partition coefficient (Wildman–Crippen LogP) is 25.9. The fourth-order valence-corrected chi connectivity index (χ4v) is 12.8. The number of aliphatic hydroxyl groups excluding tert-OH is 2. The first kappa shape index (κ1) is 83.6. The van der Waals surface area contributed by atoms with Crippen LogP contribution in [0.5, 0.6) is 0 Å². The van der Waals surface area contributed by atoms with E-state index < -0.39 is 12.1 Å². The van der Waals surface area contributed by atoms with E-state index in [2.05, 4.69) is 19.2 Å². The molecule has 3 N–H and O–H groups in total. The van der Waals surface area contributed by atoms with E-state index in [9.17, 15) is 19.8 Å². The van der Waals surface area contributed by atoms with E-state index in [0.29, 0.717) is 19.4 Å². The van der Waals surface area contributed by atoms with Crippen LogP contribution in [0.1, 0.15) is 457 Å². The number of esters is 1. The maximum atomic E-state index is 12.5. The predicted molar refractivity (Wildman–Crippen MR) is 375 cm³/mol. The average Bonchev–Trinajstić information content (AvgIpc) is 3.51. The SMILES string of the molecule is CCCCCCCCCCCCCCC/C=C/C(O)C(CO)NC(=O)CCCCCCCCCCCCCCCCCCCCCCCCCCCCCCCCCCCCCCCCCOC(=O)CCCCCCCCCCCCCCCC. The molecule has 85 heavy (non-hydrogen) atoms. The Kier molecular flexibility index (Phi) is 73.8. The van der Waals surface area contributed by atoms with Crippen LogP contribution in [0.15, 0.2) is 12.2 Å². The highest BCUT2D eigenvalue weighted by atomic mass is 16.5. The molecule has 1 amide bonds. The quantitative estimate of drug-likeness (QED) is 0.0320. The molecular weight excluding hydrogens is 1040 g/mol. The summed E-state index contributed by atoms with van der Waals surface area (Å²) in [5, 5.41) is 23.2. The van der Waals surface area contributed by atoms with Gasteiger partial charge in [-0.05, 0) is 32.1 Å². The molecule has 0 bridgehead atoms. The van der Waals surface area contributed by atoms with Crippen molar-refractivity contribution in [3.63, 3.8) is 0 Å². The summed E-state index contributed by atoms with van der Waals surface area (Å²) < 4.78 is 5.50. The first-order valence-corrected chi connectivity index (χ1v) is 39.5. The fourth-order valence-electron chi connectivity index (χ4n) is 12.8. The summed E-state index contributed by atoms with van der Waals surface area (Å²) in [6, 6.07) is -0.622. The van der Waals surface area contributed by atoms with Gasteiger partial charge in [-0.1, -0.05) is 424 Å².